The van der Waals surface area contributed by atoms with Gasteiger partial charge in [0.25, 0.3) is 0 Å². The molecule has 0 unspecified atom stereocenters. The molecule has 0 fully saturated rings. The topological polar surface area (TPSA) is 80.6 Å². The highest BCUT2D eigenvalue weighted by atomic mass is 16.4. The zero-order valence-electron chi connectivity index (χ0n) is 8.05. The lowest BCUT2D eigenvalue weighted by Gasteiger charge is -1.93. The Morgan fingerprint density at radius 2 is 2.27 bits per heavy atom. The van der Waals surface area contributed by atoms with E-state index in [2.05, 4.69) is 4.98 Å². The quantitative estimate of drug-likeness (QED) is 0.781. The first-order valence-corrected chi connectivity index (χ1v) is 4.60. The molecule has 2 heterocycles. The van der Waals surface area contributed by atoms with Crippen molar-refractivity contribution in [2.75, 3.05) is 5.73 Å². The van der Waals surface area contributed by atoms with Crippen molar-refractivity contribution in [3.05, 3.63) is 30.2 Å². The van der Waals surface area contributed by atoms with Gasteiger partial charge >= 0.3 is 5.97 Å². The molecule has 2 aromatic heterocycles. The standard InChI is InChI=1S/C10H11N3O2/c11-7-1-3-9-12-8(2-4-10(14)15)6-13(9)5-7/h1,3,5-6H,2,4,11H2,(H,14,15). The number of carboxylic acids is 1. The molecule has 0 amide bonds. The van der Waals surface area contributed by atoms with Crippen LogP contribution in [0.15, 0.2) is 24.5 Å². The molecule has 0 aliphatic carbocycles. The molecule has 5 heteroatoms. The second-order valence-electron chi connectivity index (χ2n) is 3.35. The lowest BCUT2D eigenvalue weighted by molar-refractivity contribution is -0.136. The maximum absolute atomic E-state index is 10.4. The number of aryl methyl sites for hydroxylation is 1. The van der Waals surface area contributed by atoms with Gasteiger partial charge in [0.05, 0.1) is 12.1 Å². The molecule has 15 heavy (non-hydrogen) atoms. The Balaban J connectivity index is 2.27. The number of fused-ring (bicyclic) bond motifs is 1. The van der Waals surface area contributed by atoms with E-state index in [4.69, 9.17) is 10.8 Å². The van der Waals surface area contributed by atoms with E-state index in [1.54, 1.807) is 28.9 Å². The van der Waals surface area contributed by atoms with Crippen molar-refractivity contribution < 1.29 is 9.90 Å². The Kier molecular flexibility index (Phi) is 2.29. The summed E-state index contributed by atoms with van der Waals surface area (Å²) in [5, 5.41) is 8.54. The van der Waals surface area contributed by atoms with Crippen molar-refractivity contribution in [2.24, 2.45) is 0 Å². The Hall–Kier alpha value is -2.04. The van der Waals surface area contributed by atoms with Crippen molar-refractivity contribution in [1.29, 1.82) is 0 Å². The maximum Gasteiger partial charge on any atom is 0.303 e. The van der Waals surface area contributed by atoms with Crippen LogP contribution in [0, 0.1) is 0 Å². The summed E-state index contributed by atoms with van der Waals surface area (Å²) < 4.78 is 1.80. The third-order valence-electron chi connectivity index (χ3n) is 2.12. The Bertz CT molecular complexity index is 504. The number of hydrogen-bond donors (Lipinski definition) is 2. The van der Waals surface area contributed by atoms with Crippen LogP contribution < -0.4 is 5.73 Å². The molecule has 2 aromatic rings. The third kappa shape index (κ3) is 2.07. The monoisotopic (exact) mass is 205 g/mol. The summed E-state index contributed by atoms with van der Waals surface area (Å²) in [5.74, 6) is -0.813. The molecule has 0 aliphatic rings. The predicted octanol–water partition coefficient (Wildman–Crippen LogP) is 0.934. The SMILES string of the molecule is Nc1ccc2nc(CCC(=O)O)cn2c1. The number of nitrogens with zero attached hydrogens (tertiary/aromatic N) is 2. The fourth-order valence-corrected chi connectivity index (χ4v) is 1.42. The minimum Gasteiger partial charge on any atom is -0.481 e. The maximum atomic E-state index is 10.4. The van der Waals surface area contributed by atoms with Crippen molar-refractivity contribution in [3.63, 3.8) is 0 Å². The number of aliphatic carboxylic acids is 1. The van der Waals surface area contributed by atoms with E-state index in [0.29, 0.717) is 12.1 Å². The van der Waals surface area contributed by atoms with E-state index in [0.717, 1.165) is 11.3 Å². The van der Waals surface area contributed by atoms with Crippen LogP contribution in [0.1, 0.15) is 12.1 Å². The lowest BCUT2D eigenvalue weighted by atomic mass is 10.2. The van der Waals surface area contributed by atoms with Gasteiger partial charge in [0.2, 0.25) is 0 Å². The number of carbonyl (C=O) groups is 1. The number of hydrogen-bond acceptors (Lipinski definition) is 3. The summed E-state index contributed by atoms with van der Waals surface area (Å²) >= 11 is 0. The molecule has 0 saturated carbocycles. The molecule has 2 rings (SSSR count). The predicted molar refractivity (Wildman–Crippen MR) is 55.6 cm³/mol. The molecule has 0 aliphatic heterocycles. The first kappa shape index (κ1) is 9.51. The van der Waals surface area contributed by atoms with Gasteiger partial charge in [0, 0.05) is 24.5 Å². The largest absolute Gasteiger partial charge is 0.481 e. The molecule has 0 aromatic carbocycles. The minimum atomic E-state index is -0.813. The first-order valence-electron chi connectivity index (χ1n) is 4.60. The normalized spacial score (nSPS) is 10.7. The van der Waals surface area contributed by atoms with Crippen LogP contribution in [-0.2, 0) is 11.2 Å². The number of anilines is 1. The van der Waals surface area contributed by atoms with Crippen LogP contribution in [0.4, 0.5) is 5.69 Å². The van der Waals surface area contributed by atoms with Crippen molar-refractivity contribution >= 4 is 17.3 Å². The van der Waals surface area contributed by atoms with Crippen LogP contribution >= 0.6 is 0 Å². The molecule has 0 spiro atoms. The lowest BCUT2D eigenvalue weighted by Crippen LogP contribution is -1.97. The number of nitrogen functional groups attached to an aromatic ring is 1. The highest BCUT2D eigenvalue weighted by Gasteiger charge is 2.04. The second kappa shape index (κ2) is 3.61. The molecular formula is C10H11N3O2. The zero-order chi connectivity index (χ0) is 10.8. The van der Waals surface area contributed by atoms with Gasteiger partial charge in [-0.2, -0.15) is 0 Å². The van der Waals surface area contributed by atoms with E-state index < -0.39 is 5.97 Å². The fraction of sp³-hybridized carbons (Fsp3) is 0.200. The Labute approximate surface area is 86.2 Å². The summed E-state index contributed by atoms with van der Waals surface area (Å²) in [6.45, 7) is 0. The van der Waals surface area contributed by atoms with E-state index in [1.165, 1.54) is 0 Å². The number of imidazole rings is 1. The van der Waals surface area contributed by atoms with Crippen molar-refractivity contribution in [3.8, 4) is 0 Å². The highest BCUT2D eigenvalue weighted by molar-refractivity contribution is 5.67. The van der Waals surface area contributed by atoms with E-state index >= 15 is 0 Å². The van der Waals surface area contributed by atoms with Crippen molar-refractivity contribution in [1.82, 2.24) is 9.38 Å². The zero-order valence-corrected chi connectivity index (χ0v) is 8.05. The summed E-state index contributed by atoms with van der Waals surface area (Å²) in [4.78, 5) is 14.7. The van der Waals surface area contributed by atoms with Crippen LogP contribution in [0.25, 0.3) is 5.65 Å². The molecule has 3 N–H and O–H groups in total. The van der Waals surface area contributed by atoms with Gasteiger partial charge in [-0.05, 0) is 12.1 Å². The molecule has 0 radical (unpaired) electrons. The highest BCUT2D eigenvalue weighted by Crippen LogP contribution is 2.10. The Morgan fingerprint density at radius 3 is 3.00 bits per heavy atom. The van der Waals surface area contributed by atoms with Gasteiger partial charge in [0.15, 0.2) is 0 Å². The third-order valence-corrected chi connectivity index (χ3v) is 2.12. The number of carboxylic acid groups (broad SMARTS) is 1. The van der Waals surface area contributed by atoms with Crippen LogP contribution in [0.5, 0.6) is 0 Å². The molecule has 0 bridgehead atoms. The minimum absolute atomic E-state index is 0.0966. The summed E-state index contributed by atoms with van der Waals surface area (Å²) in [6.07, 6.45) is 4.09. The smallest absolute Gasteiger partial charge is 0.303 e. The summed E-state index contributed by atoms with van der Waals surface area (Å²) in [6, 6.07) is 3.57. The Morgan fingerprint density at radius 1 is 1.47 bits per heavy atom. The molecule has 78 valence electrons. The number of rotatable bonds is 3. The molecular weight excluding hydrogens is 194 g/mol. The van der Waals surface area contributed by atoms with Gasteiger partial charge < -0.3 is 15.2 Å². The van der Waals surface area contributed by atoms with E-state index in [1.807, 2.05) is 0 Å². The first-order chi connectivity index (χ1) is 7.15. The average molecular weight is 205 g/mol. The van der Waals surface area contributed by atoms with E-state index in [9.17, 15) is 4.79 Å². The summed E-state index contributed by atoms with van der Waals surface area (Å²) in [5.41, 5.74) is 7.82. The molecule has 5 nitrogen and oxygen atoms in total. The van der Waals surface area contributed by atoms with Gasteiger partial charge in [-0.1, -0.05) is 0 Å². The van der Waals surface area contributed by atoms with Gasteiger partial charge in [-0.15, -0.1) is 0 Å². The van der Waals surface area contributed by atoms with Crippen LogP contribution in [-0.4, -0.2) is 20.5 Å². The fourth-order valence-electron chi connectivity index (χ4n) is 1.42. The molecule has 0 atom stereocenters. The van der Waals surface area contributed by atoms with Gasteiger partial charge in [-0.3, -0.25) is 4.79 Å². The number of aromatic nitrogens is 2. The van der Waals surface area contributed by atoms with Gasteiger partial charge in [-0.25, -0.2) is 4.98 Å². The van der Waals surface area contributed by atoms with Crippen LogP contribution in [0.2, 0.25) is 0 Å². The number of nitrogens with two attached hydrogens (primary N) is 1. The van der Waals surface area contributed by atoms with Crippen molar-refractivity contribution in [2.45, 2.75) is 12.8 Å². The van der Waals surface area contributed by atoms with Crippen LogP contribution in [0.3, 0.4) is 0 Å². The molecule has 0 saturated heterocycles. The van der Waals surface area contributed by atoms with Gasteiger partial charge in [0.1, 0.15) is 5.65 Å². The second-order valence-corrected chi connectivity index (χ2v) is 3.35. The average Bonchev–Trinajstić information content (AvgIpc) is 2.56. The van der Waals surface area contributed by atoms with E-state index in [-0.39, 0.29) is 6.42 Å². The summed E-state index contributed by atoms with van der Waals surface area (Å²) in [7, 11) is 0. The number of pyridine rings is 1.